The Hall–Kier alpha value is -0.120. The zero-order valence-electron chi connectivity index (χ0n) is 9.59. The lowest BCUT2D eigenvalue weighted by atomic mass is 10.2. The van der Waals surface area contributed by atoms with Gasteiger partial charge in [-0.25, -0.2) is 0 Å². The molecule has 0 amide bonds. The Labute approximate surface area is 87.8 Å². The molecule has 84 valence electrons. The summed E-state index contributed by atoms with van der Waals surface area (Å²) in [7, 11) is 1.77. The second-order valence-electron chi connectivity index (χ2n) is 4.09. The molecule has 1 atom stereocenters. The number of nitrogens with one attached hydrogen (secondary N) is 1. The number of hydrogen-bond acceptors (Lipinski definition) is 3. The van der Waals surface area contributed by atoms with Gasteiger partial charge in [0.05, 0.1) is 0 Å². The summed E-state index contributed by atoms with van der Waals surface area (Å²) in [6, 6.07) is 0.734. The van der Waals surface area contributed by atoms with Gasteiger partial charge < -0.3 is 15.0 Å². The Balaban J connectivity index is 2.02. The fourth-order valence-corrected chi connectivity index (χ4v) is 1.98. The van der Waals surface area contributed by atoms with Crippen molar-refractivity contribution < 1.29 is 4.74 Å². The largest absolute Gasteiger partial charge is 0.385 e. The van der Waals surface area contributed by atoms with E-state index in [-0.39, 0.29) is 0 Å². The zero-order chi connectivity index (χ0) is 10.2. The molecule has 0 aliphatic carbocycles. The molecule has 0 saturated carbocycles. The molecule has 1 heterocycles. The number of hydrogen-bond donors (Lipinski definition) is 1. The van der Waals surface area contributed by atoms with Crippen molar-refractivity contribution in [1.82, 2.24) is 10.2 Å². The summed E-state index contributed by atoms with van der Waals surface area (Å²) < 4.78 is 5.05. The van der Waals surface area contributed by atoms with Crippen LogP contribution >= 0.6 is 0 Å². The first-order valence-corrected chi connectivity index (χ1v) is 5.81. The zero-order valence-corrected chi connectivity index (χ0v) is 9.59. The van der Waals surface area contributed by atoms with Crippen molar-refractivity contribution in [3.8, 4) is 0 Å². The van der Waals surface area contributed by atoms with Crippen molar-refractivity contribution in [3.05, 3.63) is 0 Å². The van der Waals surface area contributed by atoms with Gasteiger partial charge >= 0.3 is 0 Å². The molecule has 1 fully saturated rings. The summed E-state index contributed by atoms with van der Waals surface area (Å²) >= 11 is 0. The summed E-state index contributed by atoms with van der Waals surface area (Å²) in [4.78, 5) is 2.53. The Bertz CT molecular complexity index is 141. The van der Waals surface area contributed by atoms with Crippen molar-refractivity contribution in [2.24, 2.45) is 0 Å². The molecule has 1 aliphatic rings. The molecule has 0 radical (unpaired) electrons. The topological polar surface area (TPSA) is 24.5 Å². The number of likely N-dealkylation sites (tertiary alicyclic amines) is 1. The van der Waals surface area contributed by atoms with Gasteiger partial charge in [0.1, 0.15) is 0 Å². The van der Waals surface area contributed by atoms with E-state index >= 15 is 0 Å². The third kappa shape index (κ3) is 4.40. The van der Waals surface area contributed by atoms with E-state index in [9.17, 15) is 0 Å². The molecule has 3 heteroatoms. The predicted molar refractivity (Wildman–Crippen MR) is 59.6 cm³/mol. The monoisotopic (exact) mass is 200 g/mol. The van der Waals surface area contributed by atoms with E-state index < -0.39 is 0 Å². The molecule has 0 spiro atoms. The van der Waals surface area contributed by atoms with E-state index in [0.717, 1.165) is 25.6 Å². The number of nitrogens with zero attached hydrogens (tertiary/aromatic N) is 1. The molecule has 1 rings (SSSR count). The Morgan fingerprint density at radius 3 is 3.07 bits per heavy atom. The highest BCUT2D eigenvalue weighted by atomic mass is 16.5. The minimum Gasteiger partial charge on any atom is -0.385 e. The number of ether oxygens (including phenoxy) is 1. The van der Waals surface area contributed by atoms with Crippen LogP contribution in [0, 0.1) is 0 Å². The van der Waals surface area contributed by atoms with Crippen molar-refractivity contribution in [2.75, 3.05) is 39.9 Å². The number of rotatable bonds is 7. The highest BCUT2D eigenvalue weighted by Crippen LogP contribution is 2.09. The van der Waals surface area contributed by atoms with Crippen LogP contribution in [0.25, 0.3) is 0 Å². The average molecular weight is 200 g/mol. The summed E-state index contributed by atoms with van der Waals surface area (Å²) in [5.41, 5.74) is 0. The van der Waals surface area contributed by atoms with E-state index in [1.165, 1.54) is 32.5 Å². The first kappa shape index (κ1) is 12.0. The SMILES string of the molecule is CCCNC1CCN(CCCOC)C1. The smallest absolute Gasteiger partial charge is 0.0474 e. The third-order valence-corrected chi connectivity index (χ3v) is 2.78. The highest BCUT2D eigenvalue weighted by molar-refractivity contribution is 4.80. The van der Waals surface area contributed by atoms with Crippen LogP contribution in [0.2, 0.25) is 0 Å². The van der Waals surface area contributed by atoms with E-state index in [2.05, 4.69) is 17.1 Å². The summed E-state index contributed by atoms with van der Waals surface area (Å²) in [6.45, 7) is 7.95. The van der Waals surface area contributed by atoms with Crippen LogP contribution in [0.1, 0.15) is 26.2 Å². The first-order valence-electron chi connectivity index (χ1n) is 5.81. The molecule has 1 unspecified atom stereocenters. The van der Waals surface area contributed by atoms with Crippen LogP contribution in [0.15, 0.2) is 0 Å². The minimum absolute atomic E-state index is 0.734. The molecule has 0 aromatic carbocycles. The lowest BCUT2D eigenvalue weighted by Crippen LogP contribution is -2.33. The van der Waals surface area contributed by atoms with Crippen LogP contribution in [0.4, 0.5) is 0 Å². The number of methoxy groups -OCH3 is 1. The van der Waals surface area contributed by atoms with Gasteiger partial charge in [-0.05, 0) is 32.4 Å². The van der Waals surface area contributed by atoms with Gasteiger partial charge in [0, 0.05) is 32.8 Å². The van der Waals surface area contributed by atoms with E-state index in [1.807, 2.05) is 0 Å². The fraction of sp³-hybridized carbons (Fsp3) is 1.00. The van der Waals surface area contributed by atoms with Crippen molar-refractivity contribution in [2.45, 2.75) is 32.2 Å². The molecule has 14 heavy (non-hydrogen) atoms. The van der Waals surface area contributed by atoms with Crippen LogP contribution in [0.3, 0.4) is 0 Å². The molecule has 0 aromatic rings. The molecule has 0 bridgehead atoms. The average Bonchev–Trinajstić information content (AvgIpc) is 2.63. The van der Waals surface area contributed by atoms with Crippen molar-refractivity contribution in [3.63, 3.8) is 0 Å². The summed E-state index contributed by atoms with van der Waals surface area (Å²) in [6.07, 6.45) is 3.71. The van der Waals surface area contributed by atoms with E-state index in [1.54, 1.807) is 7.11 Å². The lowest BCUT2D eigenvalue weighted by Gasteiger charge is -2.16. The maximum absolute atomic E-state index is 5.05. The second-order valence-corrected chi connectivity index (χ2v) is 4.09. The van der Waals surface area contributed by atoms with Gasteiger partial charge in [-0.1, -0.05) is 6.92 Å². The predicted octanol–water partition coefficient (Wildman–Crippen LogP) is 1.10. The normalized spacial score (nSPS) is 23.1. The Morgan fingerprint density at radius 1 is 1.50 bits per heavy atom. The van der Waals surface area contributed by atoms with Crippen LogP contribution in [-0.4, -0.2) is 50.8 Å². The maximum Gasteiger partial charge on any atom is 0.0474 e. The summed E-state index contributed by atoms with van der Waals surface area (Å²) in [5.74, 6) is 0. The first-order chi connectivity index (χ1) is 6.86. The standard InChI is InChI=1S/C11H24N2O/c1-3-6-12-11-5-8-13(10-11)7-4-9-14-2/h11-12H,3-10H2,1-2H3. The molecular formula is C11H24N2O. The van der Waals surface area contributed by atoms with Gasteiger partial charge in [-0.3, -0.25) is 0 Å². The molecule has 0 aromatic heterocycles. The van der Waals surface area contributed by atoms with E-state index in [0.29, 0.717) is 0 Å². The summed E-state index contributed by atoms with van der Waals surface area (Å²) in [5, 5.41) is 3.58. The second kappa shape index (κ2) is 7.21. The van der Waals surface area contributed by atoms with Crippen LogP contribution in [0.5, 0.6) is 0 Å². The lowest BCUT2D eigenvalue weighted by molar-refractivity contribution is 0.178. The van der Waals surface area contributed by atoms with Gasteiger partial charge in [0.2, 0.25) is 0 Å². The van der Waals surface area contributed by atoms with Crippen LogP contribution in [-0.2, 0) is 4.74 Å². The van der Waals surface area contributed by atoms with Crippen molar-refractivity contribution >= 4 is 0 Å². The van der Waals surface area contributed by atoms with Gasteiger partial charge in [-0.2, -0.15) is 0 Å². The Morgan fingerprint density at radius 2 is 2.36 bits per heavy atom. The van der Waals surface area contributed by atoms with Crippen molar-refractivity contribution in [1.29, 1.82) is 0 Å². The van der Waals surface area contributed by atoms with Gasteiger partial charge in [0.15, 0.2) is 0 Å². The third-order valence-electron chi connectivity index (χ3n) is 2.78. The van der Waals surface area contributed by atoms with Crippen LogP contribution < -0.4 is 5.32 Å². The van der Waals surface area contributed by atoms with Gasteiger partial charge in [0.25, 0.3) is 0 Å². The molecule has 3 nitrogen and oxygen atoms in total. The maximum atomic E-state index is 5.05. The molecule has 1 N–H and O–H groups in total. The van der Waals surface area contributed by atoms with Gasteiger partial charge in [-0.15, -0.1) is 0 Å². The highest BCUT2D eigenvalue weighted by Gasteiger charge is 2.20. The Kier molecular flexibility index (Phi) is 6.15. The molecule has 1 saturated heterocycles. The molecule has 1 aliphatic heterocycles. The molecular weight excluding hydrogens is 176 g/mol. The van der Waals surface area contributed by atoms with E-state index in [4.69, 9.17) is 4.74 Å². The fourth-order valence-electron chi connectivity index (χ4n) is 1.98. The quantitative estimate of drug-likeness (QED) is 0.623. The minimum atomic E-state index is 0.734.